The first-order valence-corrected chi connectivity index (χ1v) is 6.63. The number of aromatic nitrogens is 2. The van der Waals surface area contributed by atoms with Crippen molar-refractivity contribution in [1.29, 1.82) is 0 Å². The van der Waals surface area contributed by atoms with E-state index in [1.54, 1.807) is 35.7 Å². The molecule has 3 nitrogen and oxygen atoms in total. The Bertz CT molecular complexity index is 730. The van der Waals surface area contributed by atoms with Crippen LogP contribution in [-0.2, 0) is 0 Å². The Morgan fingerprint density at radius 2 is 2.00 bits per heavy atom. The lowest BCUT2D eigenvalue weighted by molar-refractivity contribution is 0.611. The SMILES string of the molecule is Cc1ccc(-c2nn(-c3ccccc3F)cc2N)s1. The molecule has 0 bridgehead atoms. The Kier molecular flexibility index (Phi) is 2.83. The van der Waals surface area contributed by atoms with Gasteiger partial charge in [0.05, 0.1) is 16.8 Å². The summed E-state index contributed by atoms with van der Waals surface area (Å²) in [6.07, 6.45) is 1.64. The van der Waals surface area contributed by atoms with E-state index in [1.807, 2.05) is 19.1 Å². The van der Waals surface area contributed by atoms with Gasteiger partial charge in [-0.1, -0.05) is 12.1 Å². The molecule has 0 aliphatic carbocycles. The van der Waals surface area contributed by atoms with E-state index in [-0.39, 0.29) is 5.82 Å². The minimum Gasteiger partial charge on any atom is -0.396 e. The molecule has 2 N–H and O–H groups in total. The van der Waals surface area contributed by atoms with Crippen molar-refractivity contribution >= 4 is 17.0 Å². The van der Waals surface area contributed by atoms with Gasteiger partial charge in [-0.05, 0) is 31.2 Å². The second-order valence-electron chi connectivity index (χ2n) is 4.24. The number of hydrogen-bond donors (Lipinski definition) is 1. The lowest BCUT2D eigenvalue weighted by atomic mass is 10.3. The second-order valence-corrected chi connectivity index (χ2v) is 5.53. The van der Waals surface area contributed by atoms with Gasteiger partial charge in [-0.2, -0.15) is 5.10 Å². The molecule has 19 heavy (non-hydrogen) atoms. The van der Waals surface area contributed by atoms with E-state index in [0.717, 1.165) is 4.88 Å². The molecule has 0 aliphatic heterocycles. The third kappa shape index (κ3) is 2.13. The van der Waals surface area contributed by atoms with Crippen molar-refractivity contribution in [2.24, 2.45) is 0 Å². The van der Waals surface area contributed by atoms with Crippen LogP contribution in [0.3, 0.4) is 0 Å². The predicted octanol–water partition coefficient (Wildman–Crippen LogP) is 3.63. The standard InChI is InChI=1S/C14H12FN3S/c1-9-6-7-13(19-9)14-11(16)8-18(17-14)12-5-3-2-4-10(12)15/h2-8H,16H2,1H3. The predicted molar refractivity (Wildman–Crippen MR) is 76.0 cm³/mol. The molecule has 0 saturated carbocycles. The van der Waals surface area contributed by atoms with Crippen LogP contribution in [0.15, 0.2) is 42.6 Å². The maximum atomic E-state index is 13.7. The summed E-state index contributed by atoms with van der Waals surface area (Å²) < 4.78 is 15.2. The van der Waals surface area contributed by atoms with Crippen LogP contribution in [0.1, 0.15) is 4.88 Å². The van der Waals surface area contributed by atoms with Crippen molar-refractivity contribution in [1.82, 2.24) is 9.78 Å². The fourth-order valence-corrected chi connectivity index (χ4v) is 2.78. The summed E-state index contributed by atoms with van der Waals surface area (Å²) in [5, 5.41) is 4.39. The number of thiophene rings is 1. The number of hydrogen-bond acceptors (Lipinski definition) is 3. The molecule has 0 unspecified atom stereocenters. The zero-order chi connectivity index (χ0) is 13.4. The molecule has 0 atom stereocenters. The van der Waals surface area contributed by atoms with Crippen molar-refractivity contribution in [2.75, 3.05) is 5.73 Å². The first-order valence-electron chi connectivity index (χ1n) is 5.82. The van der Waals surface area contributed by atoms with Crippen molar-refractivity contribution < 1.29 is 4.39 Å². The Morgan fingerprint density at radius 3 is 2.68 bits per heavy atom. The lowest BCUT2D eigenvalue weighted by Crippen LogP contribution is -1.97. The van der Waals surface area contributed by atoms with Gasteiger partial charge in [0, 0.05) is 4.88 Å². The van der Waals surface area contributed by atoms with Crippen LogP contribution >= 0.6 is 11.3 Å². The number of para-hydroxylation sites is 1. The molecule has 0 radical (unpaired) electrons. The molecular weight excluding hydrogens is 261 g/mol. The van der Waals surface area contributed by atoms with Gasteiger partial charge in [-0.3, -0.25) is 0 Å². The number of nitrogens with two attached hydrogens (primary N) is 1. The number of halogens is 1. The highest BCUT2D eigenvalue weighted by Crippen LogP contribution is 2.31. The molecule has 96 valence electrons. The summed E-state index contributed by atoms with van der Waals surface area (Å²) in [5.41, 5.74) is 7.61. The van der Waals surface area contributed by atoms with Gasteiger partial charge in [0.15, 0.2) is 0 Å². The molecule has 2 heterocycles. The van der Waals surface area contributed by atoms with Crippen LogP contribution in [0, 0.1) is 12.7 Å². The fraction of sp³-hybridized carbons (Fsp3) is 0.0714. The van der Waals surface area contributed by atoms with Crippen LogP contribution in [0.2, 0.25) is 0 Å². The number of benzene rings is 1. The molecule has 3 aromatic rings. The number of aryl methyl sites for hydroxylation is 1. The average Bonchev–Trinajstić information content (AvgIpc) is 2.96. The summed E-state index contributed by atoms with van der Waals surface area (Å²) in [6, 6.07) is 10.5. The summed E-state index contributed by atoms with van der Waals surface area (Å²) in [7, 11) is 0. The summed E-state index contributed by atoms with van der Waals surface area (Å²) in [6.45, 7) is 2.03. The Labute approximate surface area is 114 Å². The highest BCUT2D eigenvalue weighted by Gasteiger charge is 2.13. The van der Waals surface area contributed by atoms with E-state index >= 15 is 0 Å². The van der Waals surface area contributed by atoms with Crippen molar-refractivity contribution in [3.63, 3.8) is 0 Å². The summed E-state index contributed by atoms with van der Waals surface area (Å²) >= 11 is 1.62. The maximum absolute atomic E-state index is 13.7. The number of nitrogen functional groups attached to an aromatic ring is 1. The molecule has 0 saturated heterocycles. The highest BCUT2D eigenvalue weighted by atomic mass is 32.1. The lowest BCUT2D eigenvalue weighted by Gasteiger charge is -2.01. The van der Waals surface area contributed by atoms with Crippen LogP contribution in [0.4, 0.5) is 10.1 Å². The van der Waals surface area contributed by atoms with Gasteiger partial charge in [-0.15, -0.1) is 11.3 Å². The molecule has 0 fully saturated rings. The minimum absolute atomic E-state index is 0.320. The first kappa shape index (κ1) is 11.9. The largest absolute Gasteiger partial charge is 0.396 e. The van der Waals surface area contributed by atoms with Gasteiger partial charge in [-0.25, -0.2) is 9.07 Å². The fourth-order valence-electron chi connectivity index (χ4n) is 1.90. The quantitative estimate of drug-likeness (QED) is 0.774. The van der Waals surface area contributed by atoms with Gasteiger partial charge in [0.25, 0.3) is 0 Å². The van der Waals surface area contributed by atoms with Gasteiger partial charge < -0.3 is 5.73 Å². The van der Waals surface area contributed by atoms with E-state index in [9.17, 15) is 4.39 Å². The third-order valence-electron chi connectivity index (χ3n) is 2.82. The molecule has 0 amide bonds. The normalized spacial score (nSPS) is 10.8. The van der Waals surface area contributed by atoms with E-state index in [0.29, 0.717) is 17.1 Å². The average molecular weight is 273 g/mol. The minimum atomic E-state index is -0.320. The summed E-state index contributed by atoms with van der Waals surface area (Å²) in [4.78, 5) is 2.18. The van der Waals surface area contributed by atoms with Crippen molar-refractivity contribution in [3.8, 4) is 16.3 Å². The number of rotatable bonds is 2. The van der Waals surface area contributed by atoms with Gasteiger partial charge >= 0.3 is 0 Å². The Hall–Kier alpha value is -2.14. The second kappa shape index (κ2) is 4.51. The monoisotopic (exact) mass is 273 g/mol. The molecule has 0 spiro atoms. The first-order chi connectivity index (χ1) is 9.15. The molecule has 2 aromatic heterocycles. The van der Waals surface area contributed by atoms with E-state index in [4.69, 9.17) is 5.73 Å². The van der Waals surface area contributed by atoms with E-state index in [1.165, 1.54) is 15.6 Å². The smallest absolute Gasteiger partial charge is 0.148 e. The molecule has 5 heteroatoms. The third-order valence-corrected chi connectivity index (χ3v) is 3.82. The van der Waals surface area contributed by atoms with E-state index < -0.39 is 0 Å². The van der Waals surface area contributed by atoms with Crippen LogP contribution in [-0.4, -0.2) is 9.78 Å². The zero-order valence-electron chi connectivity index (χ0n) is 10.3. The van der Waals surface area contributed by atoms with Gasteiger partial charge in [0.2, 0.25) is 0 Å². The zero-order valence-corrected chi connectivity index (χ0v) is 11.1. The highest BCUT2D eigenvalue weighted by molar-refractivity contribution is 7.15. The molecule has 1 aromatic carbocycles. The van der Waals surface area contributed by atoms with Crippen LogP contribution in [0.25, 0.3) is 16.3 Å². The number of nitrogens with zero attached hydrogens (tertiary/aromatic N) is 2. The van der Waals surface area contributed by atoms with E-state index in [2.05, 4.69) is 5.10 Å². The molecular formula is C14H12FN3S. The topological polar surface area (TPSA) is 43.8 Å². The molecule has 0 aliphatic rings. The summed E-state index contributed by atoms with van der Waals surface area (Å²) in [5.74, 6) is -0.320. The van der Waals surface area contributed by atoms with Gasteiger partial charge in [0.1, 0.15) is 17.2 Å². The van der Waals surface area contributed by atoms with Crippen LogP contribution in [0.5, 0.6) is 0 Å². The Morgan fingerprint density at radius 1 is 1.21 bits per heavy atom. The van der Waals surface area contributed by atoms with Crippen molar-refractivity contribution in [2.45, 2.75) is 6.92 Å². The maximum Gasteiger partial charge on any atom is 0.148 e. The van der Waals surface area contributed by atoms with Crippen molar-refractivity contribution in [3.05, 3.63) is 53.3 Å². The number of anilines is 1. The Balaban J connectivity index is 2.10. The van der Waals surface area contributed by atoms with Crippen LogP contribution < -0.4 is 5.73 Å². The molecule has 3 rings (SSSR count).